The van der Waals surface area contributed by atoms with Crippen LogP contribution in [0, 0.1) is 5.41 Å². The molecule has 0 aromatic carbocycles. The Morgan fingerprint density at radius 1 is 1.43 bits per heavy atom. The highest BCUT2D eigenvalue weighted by atomic mass is 16.2. The molecule has 14 heavy (non-hydrogen) atoms. The normalized spacial score (nSPS) is 20.2. The summed E-state index contributed by atoms with van der Waals surface area (Å²) in [5, 5.41) is 3.12. The van der Waals surface area contributed by atoms with E-state index in [1.54, 1.807) is 0 Å². The number of unbranched alkanes of at least 4 members (excludes halogenated alkanes) is 1. The predicted octanol–water partition coefficient (Wildman–Crippen LogP) is 2.87. The number of carbonyl (C=O) groups is 1. The molecule has 82 valence electrons. The van der Waals surface area contributed by atoms with Crippen LogP contribution in [0.1, 0.15) is 59.3 Å². The van der Waals surface area contributed by atoms with Crippen LogP contribution in [0.5, 0.6) is 0 Å². The summed E-state index contributed by atoms with van der Waals surface area (Å²) in [4.78, 5) is 11.9. The van der Waals surface area contributed by atoms with Crippen LogP contribution in [-0.2, 0) is 4.79 Å². The molecule has 0 aliphatic heterocycles. The zero-order valence-electron chi connectivity index (χ0n) is 9.73. The Morgan fingerprint density at radius 2 is 2.07 bits per heavy atom. The van der Waals surface area contributed by atoms with Crippen molar-refractivity contribution in [3.05, 3.63) is 0 Å². The van der Waals surface area contributed by atoms with Crippen LogP contribution in [0.2, 0.25) is 0 Å². The molecule has 1 fully saturated rings. The van der Waals surface area contributed by atoms with Crippen molar-refractivity contribution in [2.45, 2.75) is 65.3 Å². The van der Waals surface area contributed by atoms with Crippen LogP contribution in [0.4, 0.5) is 0 Å². The first-order valence-corrected chi connectivity index (χ1v) is 5.93. The van der Waals surface area contributed by atoms with E-state index in [0.29, 0.717) is 6.04 Å². The van der Waals surface area contributed by atoms with Gasteiger partial charge in [0.15, 0.2) is 0 Å². The molecule has 2 heteroatoms. The van der Waals surface area contributed by atoms with E-state index in [2.05, 4.69) is 26.1 Å². The summed E-state index contributed by atoms with van der Waals surface area (Å²) < 4.78 is 0. The van der Waals surface area contributed by atoms with Crippen LogP contribution in [-0.4, -0.2) is 11.9 Å². The molecule has 1 unspecified atom stereocenters. The van der Waals surface area contributed by atoms with Crippen LogP contribution < -0.4 is 5.32 Å². The van der Waals surface area contributed by atoms with E-state index in [1.165, 1.54) is 19.3 Å². The van der Waals surface area contributed by atoms with Crippen molar-refractivity contribution in [2.75, 3.05) is 0 Å². The summed E-state index contributed by atoms with van der Waals surface area (Å²) in [6, 6.07) is 0.495. The van der Waals surface area contributed by atoms with Gasteiger partial charge in [0.25, 0.3) is 0 Å². The Morgan fingerprint density at radius 3 is 2.50 bits per heavy atom. The molecule has 1 atom stereocenters. The van der Waals surface area contributed by atoms with E-state index in [4.69, 9.17) is 0 Å². The number of nitrogens with one attached hydrogen (secondary N) is 1. The van der Waals surface area contributed by atoms with Crippen molar-refractivity contribution in [1.29, 1.82) is 0 Å². The van der Waals surface area contributed by atoms with Crippen molar-refractivity contribution < 1.29 is 4.79 Å². The molecule has 0 saturated heterocycles. The SMILES string of the molecule is CCCCC(C)(CC)C(=O)NC1CC1. The molecule has 0 bridgehead atoms. The van der Waals surface area contributed by atoms with Gasteiger partial charge in [0.2, 0.25) is 5.91 Å². The van der Waals surface area contributed by atoms with E-state index in [0.717, 1.165) is 19.3 Å². The number of hydrogen-bond acceptors (Lipinski definition) is 1. The summed E-state index contributed by atoms with van der Waals surface area (Å²) in [5.74, 6) is 0.274. The van der Waals surface area contributed by atoms with E-state index in [9.17, 15) is 4.79 Å². The van der Waals surface area contributed by atoms with Crippen LogP contribution >= 0.6 is 0 Å². The molecule has 1 amide bonds. The Bertz CT molecular complexity index is 198. The lowest BCUT2D eigenvalue weighted by Gasteiger charge is -2.26. The monoisotopic (exact) mass is 197 g/mol. The third-order valence-electron chi connectivity index (χ3n) is 3.32. The predicted molar refractivity (Wildman–Crippen MR) is 59.1 cm³/mol. The van der Waals surface area contributed by atoms with Gasteiger partial charge >= 0.3 is 0 Å². The van der Waals surface area contributed by atoms with Gasteiger partial charge in [0.1, 0.15) is 0 Å². The fraction of sp³-hybridized carbons (Fsp3) is 0.917. The second-order valence-corrected chi connectivity index (χ2v) is 4.77. The highest BCUT2D eigenvalue weighted by Crippen LogP contribution is 2.30. The molecule has 1 rings (SSSR count). The summed E-state index contributed by atoms with van der Waals surface area (Å²) in [7, 11) is 0. The largest absolute Gasteiger partial charge is 0.353 e. The van der Waals surface area contributed by atoms with Crippen LogP contribution in [0.25, 0.3) is 0 Å². The zero-order chi connectivity index (χ0) is 10.6. The first-order chi connectivity index (χ1) is 6.62. The molecule has 0 heterocycles. The molecule has 1 aliphatic carbocycles. The van der Waals surface area contributed by atoms with E-state index < -0.39 is 0 Å². The lowest BCUT2D eigenvalue weighted by atomic mass is 9.81. The van der Waals surface area contributed by atoms with Gasteiger partial charge in [0.05, 0.1) is 0 Å². The Kier molecular flexibility index (Phi) is 3.97. The van der Waals surface area contributed by atoms with Crippen molar-refractivity contribution in [2.24, 2.45) is 5.41 Å². The number of rotatable bonds is 6. The smallest absolute Gasteiger partial charge is 0.226 e. The third-order valence-corrected chi connectivity index (χ3v) is 3.32. The summed E-state index contributed by atoms with van der Waals surface area (Å²) in [6.45, 7) is 6.39. The first kappa shape index (κ1) is 11.5. The maximum Gasteiger partial charge on any atom is 0.226 e. The minimum atomic E-state index is -0.126. The van der Waals surface area contributed by atoms with Crippen LogP contribution in [0.15, 0.2) is 0 Å². The van der Waals surface area contributed by atoms with E-state index in [-0.39, 0.29) is 11.3 Å². The number of carbonyl (C=O) groups excluding carboxylic acids is 1. The van der Waals surface area contributed by atoms with E-state index in [1.807, 2.05) is 0 Å². The topological polar surface area (TPSA) is 29.1 Å². The summed E-state index contributed by atoms with van der Waals surface area (Å²) in [6.07, 6.45) is 6.66. The maximum atomic E-state index is 11.9. The molecule has 0 aromatic heterocycles. The van der Waals surface area contributed by atoms with Gasteiger partial charge in [-0.05, 0) is 25.7 Å². The summed E-state index contributed by atoms with van der Waals surface area (Å²) >= 11 is 0. The minimum Gasteiger partial charge on any atom is -0.353 e. The Balaban J connectivity index is 2.42. The number of amides is 1. The molecule has 1 N–H and O–H groups in total. The standard InChI is InChI=1S/C12H23NO/c1-4-6-9-12(3,5-2)11(14)13-10-7-8-10/h10H,4-9H2,1-3H3,(H,13,14). The molecule has 0 radical (unpaired) electrons. The molecular weight excluding hydrogens is 174 g/mol. The lowest BCUT2D eigenvalue weighted by Crippen LogP contribution is -2.39. The molecule has 1 aliphatic rings. The second kappa shape index (κ2) is 4.81. The maximum absolute atomic E-state index is 11.9. The average molecular weight is 197 g/mol. The Hall–Kier alpha value is -0.530. The van der Waals surface area contributed by atoms with Crippen LogP contribution in [0.3, 0.4) is 0 Å². The van der Waals surface area contributed by atoms with Gasteiger partial charge in [-0.2, -0.15) is 0 Å². The minimum absolute atomic E-state index is 0.126. The highest BCUT2D eigenvalue weighted by Gasteiger charge is 2.34. The van der Waals surface area contributed by atoms with E-state index >= 15 is 0 Å². The quantitative estimate of drug-likeness (QED) is 0.697. The van der Waals surface area contributed by atoms with Crippen molar-refractivity contribution >= 4 is 5.91 Å². The van der Waals surface area contributed by atoms with Gasteiger partial charge in [-0.3, -0.25) is 4.79 Å². The molecule has 2 nitrogen and oxygen atoms in total. The molecule has 0 spiro atoms. The fourth-order valence-corrected chi connectivity index (χ4v) is 1.61. The van der Waals surface area contributed by atoms with Gasteiger partial charge in [-0.1, -0.05) is 33.6 Å². The summed E-state index contributed by atoms with van der Waals surface area (Å²) in [5.41, 5.74) is -0.126. The fourth-order valence-electron chi connectivity index (χ4n) is 1.61. The average Bonchev–Trinajstić information content (AvgIpc) is 2.97. The van der Waals surface area contributed by atoms with Gasteiger partial charge < -0.3 is 5.32 Å². The molecule has 0 aromatic rings. The third kappa shape index (κ3) is 3.00. The molecular formula is C12H23NO. The number of hydrogen-bond donors (Lipinski definition) is 1. The zero-order valence-corrected chi connectivity index (χ0v) is 9.73. The highest BCUT2D eigenvalue weighted by molar-refractivity contribution is 5.82. The molecule has 1 saturated carbocycles. The van der Waals surface area contributed by atoms with Crippen molar-refractivity contribution in [3.8, 4) is 0 Å². The first-order valence-electron chi connectivity index (χ1n) is 5.93. The lowest BCUT2D eigenvalue weighted by molar-refractivity contribution is -0.131. The van der Waals surface area contributed by atoms with Gasteiger partial charge in [0, 0.05) is 11.5 Å². The van der Waals surface area contributed by atoms with Crippen molar-refractivity contribution in [3.63, 3.8) is 0 Å². The van der Waals surface area contributed by atoms with Crippen molar-refractivity contribution in [1.82, 2.24) is 5.32 Å². The van der Waals surface area contributed by atoms with Gasteiger partial charge in [-0.15, -0.1) is 0 Å². The second-order valence-electron chi connectivity index (χ2n) is 4.77. The Labute approximate surface area is 87.5 Å². The van der Waals surface area contributed by atoms with Gasteiger partial charge in [-0.25, -0.2) is 0 Å².